The van der Waals surface area contributed by atoms with E-state index < -0.39 is 11.9 Å². The lowest BCUT2D eigenvalue weighted by atomic mass is 10.2. The molecule has 134 valence electrons. The molecule has 2 N–H and O–H groups in total. The molecule has 3 rings (SSSR count). The van der Waals surface area contributed by atoms with Crippen molar-refractivity contribution < 1.29 is 28.6 Å². The standard InChI is InChI=1S/C17H20N2O6/c20-15(19-12-3-1-2-4-12)9-23-16(21)8-18-17(22)11-5-6-13-14(7-11)25-10-24-13/h5-7,12H,1-4,8-10H2,(H,18,22)(H,19,20). The van der Waals surface area contributed by atoms with Crippen molar-refractivity contribution in [1.29, 1.82) is 0 Å². The second-order valence-corrected chi connectivity index (χ2v) is 5.96. The second-order valence-electron chi connectivity index (χ2n) is 5.96. The average molecular weight is 348 g/mol. The zero-order chi connectivity index (χ0) is 17.6. The topological polar surface area (TPSA) is 103 Å². The predicted octanol–water partition coefficient (Wildman–Crippen LogP) is 0.747. The van der Waals surface area contributed by atoms with Crippen LogP contribution in [0.1, 0.15) is 36.0 Å². The van der Waals surface area contributed by atoms with Gasteiger partial charge in [-0.15, -0.1) is 0 Å². The number of benzene rings is 1. The molecule has 25 heavy (non-hydrogen) atoms. The number of hydrogen-bond donors (Lipinski definition) is 2. The van der Waals surface area contributed by atoms with Crippen molar-refractivity contribution in [1.82, 2.24) is 10.6 Å². The summed E-state index contributed by atoms with van der Waals surface area (Å²) in [5.74, 6) is -0.369. The fraction of sp³-hybridized carbons (Fsp3) is 0.471. The van der Waals surface area contributed by atoms with E-state index in [1.807, 2.05) is 0 Å². The summed E-state index contributed by atoms with van der Waals surface area (Å²) in [6, 6.07) is 4.92. The van der Waals surface area contributed by atoms with Gasteiger partial charge in [-0.3, -0.25) is 14.4 Å². The van der Waals surface area contributed by atoms with Gasteiger partial charge in [-0.25, -0.2) is 0 Å². The Bertz CT molecular complexity index is 669. The molecule has 0 bridgehead atoms. The van der Waals surface area contributed by atoms with Crippen molar-refractivity contribution in [2.24, 2.45) is 0 Å². The maximum atomic E-state index is 12.0. The van der Waals surface area contributed by atoms with Crippen LogP contribution in [0.25, 0.3) is 0 Å². The number of ether oxygens (including phenoxy) is 3. The Labute approximate surface area is 144 Å². The number of carbonyl (C=O) groups is 3. The molecule has 1 aliphatic heterocycles. The predicted molar refractivity (Wildman–Crippen MR) is 86.3 cm³/mol. The van der Waals surface area contributed by atoms with Crippen LogP contribution >= 0.6 is 0 Å². The lowest BCUT2D eigenvalue weighted by Gasteiger charge is -2.12. The number of hydrogen-bond acceptors (Lipinski definition) is 6. The number of rotatable bonds is 6. The Hall–Kier alpha value is -2.77. The summed E-state index contributed by atoms with van der Waals surface area (Å²) in [5, 5.41) is 5.26. The van der Waals surface area contributed by atoms with Gasteiger partial charge in [-0.1, -0.05) is 12.8 Å². The number of carbonyl (C=O) groups excluding carboxylic acids is 3. The summed E-state index contributed by atoms with van der Waals surface area (Å²) in [5.41, 5.74) is 0.344. The van der Waals surface area contributed by atoms with Gasteiger partial charge in [-0.05, 0) is 31.0 Å². The third-order valence-corrected chi connectivity index (χ3v) is 4.11. The Balaban J connectivity index is 1.38. The van der Waals surface area contributed by atoms with Crippen LogP contribution in [0.3, 0.4) is 0 Å². The number of nitrogens with one attached hydrogen (secondary N) is 2. The number of fused-ring (bicyclic) bond motifs is 1. The van der Waals surface area contributed by atoms with E-state index in [0.29, 0.717) is 17.1 Å². The maximum absolute atomic E-state index is 12.0. The largest absolute Gasteiger partial charge is 0.454 e. The van der Waals surface area contributed by atoms with Gasteiger partial charge in [-0.2, -0.15) is 0 Å². The molecule has 1 aliphatic carbocycles. The summed E-state index contributed by atoms with van der Waals surface area (Å²) < 4.78 is 15.2. The van der Waals surface area contributed by atoms with Gasteiger partial charge in [0.1, 0.15) is 6.54 Å². The van der Waals surface area contributed by atoms with E-state index >= 15 is 0 Å². The van der Waals surface area contributed by atoms with Crippen LogP contribution in [-0.4, -0.2) is 43.8 Å². The highest BCUT2D eigenvalue weighted by atomic mass is 16.7. The Morgan fingerprint density at radius 2 is 1.88 bits per heavy atom. The summed E-state index contributed by atoms with van der Waals surface area (Å²) in [6.07, 6.45) is 4.14. The third kappa shape index (κ3) is 4.62. The van der Waals surface area contributed by atoms with Crippen LogP contribution in [0.4, 0.5) is 0 Å². The summed E-state index contributed by atoms with van der Waals surface area (Å²) in [4.78, 5) is 35.3. The quantitative estimate of drug-likeness (QED) is 0.736. The molecule has 0 spiro atoms. The van der Waals surface area contributed by atoms with Gasteiger partial charge in [0.15, 0.2) is 18.1 Å². The molecule has 1 fully saturated rings. The van der Waals surface area contributed by atoms with Crippen molar-refractivity contribution in [2.75, 3.05) is 19.9 Å². The number of amides is 2. The fourth-order valence-corrected chi connectivity index (χ4v) is 2.83. The first-order chi connectivity index (χ1) is 12.1. The first-order valence-corrected chi connectivity index (χ1v) is 8.24. The molecule has 2 amide bonds. The van der Waals surface area contributed by atoms with Gasteiger partial charge in [0.25, 0.3) is 11.8 Å². The van der Waals surface area contributed by atoms with Gasteiger partial charge < -0.3 is 24.8 Å². The summed E-state index contributed by atoms with van der Waals surface area (Å²) in [6.45, 7) is -0.533. The number of esters is 1. The normalized spacial score (nSPS) is 15.7. The van der Waals surface area contributed by atoms with Crippen LogP contribution < -0.4 is 20.1 Å². The third-order valence-electron chi connectivity index (χ3n) is 4.11. The first-order valence-electron chi connectivity index (χ1n) is 8.24. The van der Waals surface area contributed by atoms with Gasteiger partial charge in [0, 0.05) is 11.6 Å². The van der Waals surface area contributed by atoms with Gasteiger partial charge in [0.2, 0.25) is 6.79 Å². The van der Waals surface area contributed by atoms with Gasteiger partial charge in [0.05, 0.1) is 0 Å². The lowest BCUT2D eigenvalue weighted by Crippen LogP contribution is -2.37. The van der Waals surface area contributed by atoms with Crippen molar-refractivity contribution in [3.63, 3.8) is 0 Å². The van der Waals surface area contributed by atoms with Crippen LogP contribution in [0.2, 0.25) is 0 Å². The Kier molecular flexibility index (Phi) is 5.37. The van der Waals surface area contributed by atoms with Crippen LogP contribution in [0, 0.1) is 0 Å². The molecule has 0 atom stereocenters. The van der Waals surface area contributed by atoms with E-state index in [1.165, 1.54) is 6.07 Å². The SMILES string of the molecule is O=C(COC(=O)CNC(=O)c1ccc2c(c1)OCO2)NC1CCCC1. The van der Waals surface area contributed by atoms with E-state index in [1.54, 1.807) is 12.1 Å². The molecule has 0 saturated heterocycles. The highest BCUT2D eigenvalue weighted by Crippen LogP contribution is 2.32. The van der Waals surface area contributed by atoms with Crippen LogP contribution in [0.5, 0.6) is 11.5 Å². The average Bonchev–Trinajstić information content (AvgIpc) is 3.28. The highest BCUT2D eigenvalue weighted by molar-refractivity contribution is 5.96. The summed E-state index contributed by atoms with van der Waals surface area (Å²) in [7, 11) is 0. The van der Waals surface area contributed by atoms with Crippen LogP contribution in [0.15, 0.2) is 18.2 Å². The minimum atomic E-state index is -0.671. The van der Waals surface area contributed by atoms with Crippen molar-refractivity contribution in [2.45, 2.75) is 31.7 Å². The highest BCUT2D eigenvalue weighted by Gasteiger charge is 2.19. The monoisotopic (exact) mass is 348 g/mol. The molecule has 1 saturated carbocycles. The van der Waals surface area contributed by atoms with Crippen molar-refractivity contribution in [3.8, 4) is 11.5 Å². The minimum absolute atomic E-state index is 0.121. The zero-order valence-electron chi connectivity index (χ0n) is 13.7. The maximum Gasteiger partial charge on any atom is 0.325 e. The van der Waals surface area contributed by atoms with E-state index in [2.05, 4.69) is 10.6 Å². The van der Waals surface area contributed by atoms with E-state index in [9.17, 15) is 14.4 Å². The molecule has 1 aromatic carbocycles. The van der Waals surface area contributed by atoms with E-state index in [4.69, 9.17) is 14.2 Å². The minimum Gasteiger partial charge on any atom is -0.454 e. The molecular formula is C17H20N2O6. The first kappa shape index (κ1) is 17.1. The molecule has 0 unspecified atom stereocenters. The molecule has 1 heterocycles. The smallest absolute Gasteiger partial charge is 0.325 e. The molecule has 2 aliphatic rings. The van der Waals surface area contributed by atoms with Crippen molar-refractivity contribution >= 4 is 17.8 Å². The van der Waals surface area contributed by atoms with Gasteiger partial charge >= 0.3 is 5.97 Å². The van der Waals surface area contributed by atoms with E-state index in [-0.39, 0.29) is 31.9 Å². The fourth-order valence-electron chi connectivity index (χ4n) is 2.83. The molecule has 0 aromatic heterocycles. The Morgan fingerprint density at radius 3 is 2.68 bits per heavy atom. The van der Waals surface area contributed by atoms with Crippen LogP contribution in [-0.2, 0) is 14.3 Å². The molecule has 8 heteroatoms. The Morgan fingerprint density at radius 1 is 1.12 bits per heavy atom. The zero-order valence-corrected chi connectivity index (χ0v) is 13.7. The molecular weight excluding hydrogens is 328 g/mol. The second kappa shape index (κ2) is 7.87. The van der Waals surface area contributed by atoms with E-state index in [0.717, 1.165) is 25.7 Å². The van der Waals surface area contributed by atoms with Crippen molar-refractivity contribution in [3.05, 3.63) is 23.8 Å². The lowest BCUT2D eigenvalue weighted by molar-refractivity contribution is -0.147. The summed E-state index contributed by atoms with van der Waals surface area (Å²) >= 11 is 0. The molecule has 0 radical (unpaired) electrons. The molecule has 1 aromatic rings. The molecule has 8 nitrogen and oxygen atoms in total.